The van der Waals surface area contributed by atoms with Crippen LogP contribution >= 0.6 is 11.6 Å². The van der Waals surface area contributed by atoms with Crippen molar-refractivity contribution in [2.24, 2.45) is 5.92 Å². The van der Waals surface area contributed by atoms with Crippen LogP contribution in [0.2, 0.25) is 5.02 Å². The predicted molar refractivity (Wildman–Crippen MR) is 113 cm³/mol. The number of nitrogens with one attached hydrogen (secondary N) is 2. The lowest BCUT2D eigenvalue weighted by atomic mass is 9.95. The number of benzene rings is 2. The summed E-state index contributed by atoms with van der Waals surface area (Å²) in [5.41, 5.74) is 1.91. The number of H-pyrrole nitrogens is 1. The third-order valence-corrected chi connectivity index (χ3v) is 6.04. The molecule has 1 fully saturated rings. The number of aromatic nitrogens is 1. The Labute approximate surface area is 177 Å². The molecular formula is C22H20ClN3O4. The second-order valence-corrected chi connectivity index (χ2v) is 7.86. The minimum Gasteiger partial charge on any atom is -0.454 e. The number of fused-ring (bicyclic) bond motifs is 2. The van der Waals surface area contributed by atoms with Crippen molar-refractivity contribution in [2.45, 2.75) is 12.8 Å². The van der Waals surface area contributed by atoms with Gasteiger partial charge in [-0.3, -0.25) is 9.59 Å². The highest BCUT2D eigenvalue weighted by molar-refractivity contribution is 6.38. The number of hydrogen-bond acceptors (Lipinski definition) is 4. The number of likely N-dealkylation sites (tertiary alicyclic amines) is 1. The SMILES string of the molecule is O=C(Nc1ccc2c(c1)OCO2)C1CCN(C(=O)c2[nH]c3ccccc3c2Cl)CC1. The average Bonchev–Trinajstić information content (AvgIpc) is 3.37. The van der Waals surface area contributed by atoms with Gasteiger partial charge in [0.05, 0.1) is 5.02 Å². The molecule has 8 heteroatoms. The Hall–Kier alpha value is -3.19. The third-order valence-electron chi connectivity index (χ3n) is 5.65. The van der Waals surface area contributed by atoms with Crippen molar-refractivity contribution in [1.29, 1.82) is 0 Å². The molecule has 0 radical (unpaired) electrons. The first-order valence-corrected chi connectivity index (χ1v) is 10.2. The maximum Gasteiger partial charge on any atom is 0.271 e. The highest BCUT2D eigenvalue weighted by Crippen LogP contribution is 2.35. The van der Waals surface area contributed by atoms with Gasteiger partial charge in [-0.1, -0.05) is 29.8 Å². The number of piperidine rings is 1. The molecule has 1 saturated heterocycles. The number of ether oxygens (including phenoxy) is 2. The summed E-state index contributed by atoms with van der Waals surface area (Å²) in [5.74, 6) is 0.965. The summed E-state index contributed by atoms with van der Waals surface area (Å²) in [6, 6.07) is 12.9. The smallest absolute Gasteiger partial charge is 0.271 e. The summed E-state index contributed by atoms with van der Waals surface area (Å²) in [7, 11) is 0. The van der Waals surface area contributed by atoms with Gasteiger partial charge >= 0.3 is 0 Å². The maximum atomic E-state index is 13.0. The number of halogens is 1. The number of hydrogen-bond donors (Lipinski definition) is 2. The Morgan fingerprint density at radius 1 is 1.07 bits per heavy atom. The standard InChI is InChI=1S/C22H20ClN3O4/c23-19-15-3-1-2-4-16(15)25-20(19)22(28)26-9-7-13(8-10-26)21(27)24-14-5-6-17-18(11-14)30-12-29-17/h1-6,11,13,25H,7-10,12H2,(H,24,27). The summed E-state index contributed by atoms with van der Waals surface area (Å²) in [4.78, 5) is 30.5. The summed E-state index contributed by atoms with van der Waals surface area (Å²) in [5, 5.41) is 4.22. The zero-order chi connectivity index (χ0) is 20.7. The van der Waals surface area contributed by atoms with Crippen LogP contribution in [0.3, 0.4) is 0 Å². The zero-order valence-corrected chi connectivity index (χ0v) is 16.9. The average molecular weight is 426 g/mol. The van der Waals surface area contributed by atoms with E-state index in [-0.39, 0.29) is 24.5 Å². The largest absolute Gasteiger partial charge is 0.454 e. The van der Waals surface area contributed by atoms with Crippen LogP contribution in [-0.2, 0) is 4.79 Å². The Kier molecular flexibility index (Phi) is 4.75. The highest BCUT2D eigenvalue weighted by atomic mass is 35.5. The number of carbonyl (C=O) groups is 2. The summed E-state index contributed by atoms with van der Waals surface area (Å²) >= 11 is 6.42. The highest BCUT2D eigenvalue weighted by Gasteiger charge is 2.30. The van der Waals surface area contributed by atoms with Crippen molar-refractivity contribution in [1.82, 2.24) is 9.88 Å². The lowest BCUT2D eigenvalue weighted by molar-refractivity contribution is -0.121. The van der Waals surface area contributed by atoms with Crippen molar-refractivity contribution in [3.8, 4) is 11.5 Å². The van der Waals surface area contributed by atoms with E-state index in [1.54, 1.807) is 23.1 Å². The number of amides is 2. The van der Waals surface area contributed by atoms with Crippen molar-refractivity contribution >= 4 is 40.0 Å². The van der Waals surface area contributed by atoms with Gasteiger partial charge in [-0.05, 0) is 31.0 Å². The number of aromatic amines is 1. The molecule has 0 bridgehead atoms. The molecule has 7 nitrogen and oxygen atoms in total. The molecule has 30 heavy (non-hydrogen) atoms. The van der Waals surface area contributed by atoms with Crippen LogP contribution in [0.15, 0.2) is 42.5 Å². The normalized spacial score (nSPS) is 16.1. The molecule has 0 unspecified atom stereocenters. The van der Waals surface area contributed by atoms with Gasteiger partial charge in [0.1, 0.15) is 5.69 Å². The van der Waals surface area contributed by atoms with Gasteiger partial charge in [-0.25, -0.2) is 0 Å². The van der Waals surface area contributed by atoms with Gasteiger partial charge in [0.15, 0.2) is 11.5 Å². The summed E-state index contributed by atoms with van der Waals surface area (Å²) in [6.07, 6.45) is 1.19. The topological polar surface area (TPSA) is 83.7 Å². The molecule has 2 aliphatic rings. The molecule has 0 saturated carbocycles. The van der Waals surface area contributed by atoms with E-state index >= 15 is 0 Å². The van der Waals surface area contributed by atoms with Gasteiger partial charge in [0.2, 0.25) is 12.7 Å². The number of nitrogens with zero attached hydrogens (tertiary/aromatic N) is 1. The molecule has 1 aromatic heterocycles. The van der Waals surface area contributed by atoms with Gasteiger partial charge in [-0.2, -0.15) is 0 Å². The molecule has 0 aliphatic carbocycles. The van der Waals surface area contributed by atoms with Gasteiger partial charge in [0, 0.05) is 41.7 Å². The van der Waals surface area contributed by atoms with Gasteiger partial charge < -0.3 is 24.7 Å². The lowest BCUT2D eigenvalue weighted by Gasteiger charge is -2.31. The quantitative estimate of drug-likeness (QED) is 0.663. The first kappa shape index (κ1) is 18.8. The molecule has 2 aliphatic heterocycles. The van der Waals surface area contributed by atoms with Crippen molar-refractivity contribution in [3.63, 3.8) is 0 Å². The molecule has 154 valence electrons. The van der Waals surface area contributed by atoms with E-state index in [0.29, 0.717) is 53.8 Å². The maximum absolute atomic E-state index is 13.0. The fourth-order valence-electron chi connectivity index (χ4n) is 3.98. The Bertz CT molecular complexity index is 1130. The molecule has 0 atom stereocenters. The lowest BCUT2D eigenvalue weighted by Crippen LogP contribution is -2.41. The van der Waals surface area contributed by atoms with Crippen LogP contribution in [0, 0.1) is 5.92 Å². The van der Waals surface area contributed by atoms with E-state index in [2.05, 4.69) is 10.3 Å². The van der Waals surface area contributed by atoms with E-state index < -0.39 is 0 Å². The van der Waals surface area contributed by atoms with E-state index in [1.165, 1.54) is 0 Å². The third kappa shape index (κ3) is 3.35. The monoisotopic (exact) mass is 425 g/mol. The minimum atomic E-state index is -0.155. The van der Waals surface area contributed by atoms with Gasteiger partial charge in [0.25, 0.3) is 5.91 Å². The van der Waals surface area contributed by atoms with Crippen LogP contribution in [-0.4, -0.2) is 41.6 Å². The first-order chi connectivity index (χ1) is 14.6. The zero-order valence-electron chi connectivity index (χ0n) is 16.1. The molecule has 2 amide bonds. The predicted octanol–water partition coefficient (Wildman–Crippen LogP) is 4.04. The van der Waals surface area contributed by atoms with E-state index in [0.717, 1.165) is 10.9 Å². The minimum absolute atomic E-state index is 0.0513. The number of carbonyl (C=O) groups excluding carboxylic acids is 2. The van der Waals surface area contributed by atoms with E-state index in [9.17, 15) is 9.59 Å². The molecule has 0 spiro atoms. The molecule has 5 rings (SSSR count). The number of rotatable bonds is 3. The molecule has 3 aromatic rings. The Morgan fingerprint density at radius 3 is 2.63 bits per heavy atom. The van der Waals surface area contributed by atoms with Crippen LogP contribution in [0.1, 0.15) is 23.3 Å². The summed E-state index contributed by atoms with van der Waals surface area (Å²) in [6.45, 7) is 1.20. The number of para-hydroxylation sites is 1. The molecule has 2 N–H and O–H groups in total. The molecule has 2 aromatic carbocycles. The van der Waals surface area contributed by atoms with Crippen LogP contribution in [0.4, 0.5) is 5.69 Å². The molecule has 3 heterocycles. The van der Waals surface area contributed by atoms with Crippen LogP contribution in [0.25, 0.3) is 10.9 Å². The van der Waals surface area contributed by atoms with E-state index in [4.69, 9.17) is 21.1 Å². The van der Waals surface area contributed by atoms with Crippen LogP contribution in [0.5, 0.6) is 11.5 Å². The fraction of sp³-hybridized carbons (Fsp3) is 0.273. The Morgan fingerprint density at radius 2 is 1.83 bits per heavy atom. The number of anilines is 1. The van der Waals surface area contributed by atoms with Crippen molar-refractivity contribution < 1.29 is 19.1 Å². The summed E-state index contributed by atoms with van der Waals surface area (Å²) < 4.78 is 10.6. The second-order valence-electron chi connectivity index (χ2n) is 7.48. The van der Waals surface area contributed by atoms with Crippen molar-refractivity contribution in [3.05, 3.63) is 53.2 Å². The second kappa shape index (κ2) is 7.57. The van der Waals surface area contributed by atoms with Crippen molar-refractivity contribution in [2.75, 3.05) is 25.2 Å². The Balaban J connectivity index is 1.22. The first-order valence-electron chi connectivity index (χ1n) is 9.86. The van der Waals surface area contributed by atoms with E-state index in [1.807, 2.05) is 24.3 Å². The van der Waals surface area contributed by atoms with Gasteiger partial charge in [-0.15, -0.1) is 0 Å². The van der Waals surface area contributed by atoms with Crippen LogP contribution < -0.4 is 14.8 Å². The fourth-order valence-corrected chi connectivity index (χ4v) is 4.27. The molecular weight excluding hydrogens is 406 g/mol.